The number of unbranched alkanes of at least 4 members (excludes halogenated alkanes) is 1. The number of piperidine rings is 1. The van der Waals surface area contributed by atoms with E-state index in [0.29, 0.717) is 18.9 Å². The van der Waals surface area contributed by atoms with E-state index in [1.807, 2.05) is 0 Å². The van der Waals surface area contributed by atoms with E-state index in [-0.39, 0.29) is 0 Å². The van der Waals surface area contributed by atoms with Crippen LogP contribution in [0.2, 0.25) is 5.31 Å². The number of carbonyl (C=O) groups is 1. The van der Waals surface area contributed by atoms with Crippen LogP contribution in [0, 0.1) is 0 Å². The maximum absolute atomic E-state index is 11.3. The van der Waals surface area contributed by atoms with Gasteiger partial charge in [-0.2, -0.15) is 0 Å². The molecule has 0 aliphatic carbocycles. The summed E-state index contributed by atoms with van der Waals surface area (Å²) in [5, 5.41) is 11.7. The molecule has 2 radical (unpaired) electrons. The number of hydrogen-bond acceptors (Lipinski definition) is 2. The maximum Gasteiger partial charge on any atom is 0.300 e. The third-order valence-electron chi connectivity index (χ3n) is 3.75. The van der Waals surface area contributed by atoms with Crippen LogP contribution in [0.1, 0.15) is 58.3 Å². The molecule has 1 aliphatic heterocycles. The van der Waals surface area contributed by atoms with Crippen molar-refractivity contribution < 1.29 is 9.90 Å². The van der Waals surface area contributed by atoms with Crippen LogP contribution < -0.4 is 5.32 Å². The highest BCUT2D eigenvalue weighted by atomic mass is 16.4. The fourth-order valence-corrected chi connectivity index (χ4v) is 2.43. The standard InChI is InChI=1S/C13H24BNO2/c1-2-3-8-13(14,12(16)17)9-7-11-6-4-5-10-15-11/h11,15H,2-10H2,1H3,(H,16,17). The first-order valence-corrected chi connectivity index (χ1v) is 6.84. The van der Waals surface area contributed by atoms with Crippen molar-refractivity contribution in [3.63, 3.8) is 0 Å². The summed E-state index contributed by atoms with van der Waals surface area (Å²) in [6.07, 6.45) is 7.58. The zero-order valence-electron chi connectivity index (χ0n) is 10.9. The molecule has 3 nitrogen and oxygen atoms in total. The van der Waals surface area contributed by atoms with Crippen molar-refractivity contribution in [2.75, 3.05) is 6.54 Å². The summed E-state index contributed by atoms with van der Waals surface area (Å²) in [4.78, 5) is 11.3. The lowest BCUT2D eigenvalue weighted by atomic mass is 9.62. The van der Waals surface area contributed by atoms with Crippen molar-refractivity contribution in [2.24, 2.45) is 0 Å². The highest BCUT2D eigenvalue weighted by Gasteiger charge is 2.32. The number of carboxylic acids is 1. The molecule has 0 aromatic rings. The van der Waals surface area contributed by atoms with Gasteiger partial charge < -0.3 is 10.4 Å². The van der Waals surface area contributed by atoms with E-state index in [1.54, 1.807) is 0 Å². The Morgan fingerprint density at radius 1 is 1.47 bits per heavy atom. The fourth-order valence-electron chi connectivity index (χ4n) is 2.43. The van der Waals surface area contributed by atoms with Gasteiger partial charge >= 0.3 is 5.97 Å². The van der Waals surface area contributed by atoms with E-state index in [2.05, 4.69) is 12.2 Å². The lowest BCUT2D eigenvalue weighted by Crippen LogP contribution is -2.35. The molecule has 17 heavy (non-hydrogen) atoms. The van der Waals surface area contributed by atoms with Gasteiger partial charge in [-0.05, 0) is 38.6 Å². The Labute approximate surface area is 106 Å². The van der Waals surface area contributed by atoms with E-state index < -0.39 is 11.3 Å². The van der Waals surface area contributed by atoms with Crippen molar-refractivity contribution in [1.29, 1.82) is 0 Å². The molecule has 0 bridgehead atoms. The average molecular weight is 237 g/mol. The molecule has 0 aromatic carbocycles. The number of rotatable bonds is 7. The molecule has 0 aromatic heterocycles. The lowest BCUT2D eigenvalue weighted by molar-refractivity contribution is -0.141. The molecular weight excluding hydrogens is 213 g/mol. The largest absolute Gasteiger partial charge is 0.481 e. The van der Waals surface area contributed by atoms with Crippen molar-refractivity contribution in [2.45, 2.75) is 69.6 Å². The van der Waals surface area contributed by atoms with Gasteiger partial charge in [-0.25, -0.2) is 0 Å². The minimum absolute atomic E-state index is 0.465. The zero-order chi connectivity index (χ0) is 12.7. The van der Waals surface area contributed by atoms with Crippen molar-refractivity contribution >= 4 is 13.8 Å². The van der Waals surface area contributed by atoms with Gasteiger partial charge in [0.1, 0.15) is 0 Å². The predicted molar refractivity (Wildman–Crippen MR) is 70.5 cm³/mol. The van der Waals surface area contributed by atoms with Gasteiger partial charge in [-0.3, -0.25) is 4.79 Å². The maximum atomic E-state index is 11.3. The van der Waals surface area contributed by atoms with Crippen molar-refractivity contribution in [1.82, 2.24) is 5.32 Å². The van der Waals surface area contributed by atoms with E-state index >= 15 is 0 Å². The topological polar surface area (TPSA) is 49.3 Å². The molecule has 1 rings (SSSR count). The number of carboxylic acid groups (broad SMARTS) is 1. The zero-order valence-corrected chi connectivity index (χ0v) is 10.9. The van der Waals surface area contributed by atoms with Crippen LogP contribution in [-0.2, 0) is 4.79 Å². The third-order valence-corrected chi connectivity index (χ3v) is 3.75. The monoisotopic (exact) mass is 237 g/mol. The minimum Gasteiger partial charge on any atom is -0.481 e. The Bertz CT molecular complexity index is 242. The fraction of sp³-hybridized carbons (Fsp3) is 0.923. The van der Waals surface area contributed by atoms with Crippen molar-refractivity contribution in [3.8, 4) is 0 Å². The quantitative estimate of drug-likeness (QED) is 0.669. The van der Waals surface area contributed by atoms with E-state index in [1.165, 1.54) is 12.8 Å². The summed E-state index contributed by atoms with van der Waals surface area (Å²) in [6, 6.07) is 0.465. The molecule has 1 fully saturated rings. The van der Waals surface area contributed by atoms with E-state index in [4.69, 9.17) is 7.85 Å². The first-order chi connectivity index (χ1) is 8.08. The highest BCUT2D eigenvalue weighted by molar-refractivity contribution is 6.26. The summed E-state index contributed by atoms with van der Waals surface area (Å²) >= 11 is 0. The van der Waals surface area contributed by atoms with Crippen LogP contribution in [0.4, 0.5) is 0 Å². The van der Waals surface area contributed by atoms with Crippen molar-refractivity contribution in [3.05, 3.63) is 0 Å². The summed E-state index contributed by atoms with van der Waals surface area (Å²) in [7, 11) is 6.02. The second-order valence-electron chi connectivity index (χ2n) is 5.25. The normalized spacial score (nSPS) is 24.2. The van der Waals surface area contributed by atoms with Gasteiger partial charge in [-0.1, -0.05) is 26.2 Å². The molecule has 2 N–H and O–H groups in total. The Morgan fingerprint density at radius 3 is 2.76 bits per heavy atom. The molecular formula is C13H24BNO2. The Morgan fingerprint density at radius 2 is 2.24 bits per heavy atom. The van der Waals surface area contributed by atoms with Gasteiger partial charge in [0.05, 0.1) is 7.85 Å². The van der Waals surface area contributed by atoms with Gasteiger partial charge in [0, 0.05) is 11.4 Å². The molecule has 1 heterocycles. The second kappa shape index (κ2) is 7.05. The summed E-state index contributed by atoms with van der Waals surface area (Å²) < 4.78 is 0. The van der Waals surface area contributed by atoms with E-state index in [0.717, 1.165) is 32.2 Å². The summed E-state index contributed by atoms with van der Waals surface area (Å²) in [5.74, 6) is -0.846. The molecule has 4 heteroatoms. The molecule has 2 unspecified atom stereocenters. The van der Waals surface area contributed by atoms with Crippen LogP contribution in [0.25, 0.3) is 0 Å². The first kappa shape index (κ1) is 14.6. The van der Waals surface area contributed by atoms with Gasteiger partial charge in [0.2, 0.25) is 0 Å². The van der Waals surface area contributed by atoms with Crippen LogP contribution in [-0.4, -0.2) is 31.5 Å². The number of nitrogens with one attached hydrogen (secondary N) is 1. The molecule has 96 valence electrons. The Balaban J connectivity index is 2.39. The molecule has 0 amide bonds. The van der Waals surface area contributed by atoms with Crippen LogP contribution in [0.5, 0.6) is 0 Å². The smallest absolute Gasteiger partial charge is 0.300 e. The molecule has 1 aliphatic rings. The number of hydrogen-bond donors (Lipinski definition) is 2. The lowest BCUT2D eigenvalue weighted by Gasteiger charge is -2.29. The molecule has 1 saturated heterocycles. The van der Waals surface area contributed by atoms with Crippen LogP contribution in [0.15, 0.2) is 0 Å². The van der Waals surface area contributed by atoms with Crippen LogP contribution >= 0.6 is 0 Å². The SMILES string of the molecule is [B]C(CCCC)(CCC1CCCCN1)C(=O)O. The predicted octanol–water partition coefficient (Wildman–Crippen LogP) is 2.51. The highest BCUT2D eigenvalue weighted by Crippen LogP contribution is 2.35. The molecule has 2 atom stereocenters. The van der Waals surface area contributed by atoms with Gasteiger partial charge in [0.15, 0.2) is 0 Å². The van der Waals surface area contributed by atoms with E-state index in [9.17, 15) is 9.90 Å². The summed E-state index contributed by atoms with van der Waals surface area (Å²) in [5.41, 5.74) is 0. The van der Waals surface area contributed by atoms with Gasteiger partial charge in [-0.15, -0.1) is 0 Å². The molecule has 0 spiro atoms. The average Bonchev–Trinajstić information content (AvgIpc) is 2.35. The Hall–Kier alpha value is -0.505. The summed E-state index contributed by atoms with van der Waals surface area (Å²) in [6.45, 7) is 3.12. The molecule has 0 saturated carbocycles. The Kier molecular flexibility index (Phi) is 6.03. The van der Waals surface area contributed by atoms with Gasteiger partial charge in [0.25, 0.3) is 0 Å². The first-order valence-electron chi connectivity index (χ1n) is 6.84. The van der Waals surface area contributed by atoms with Crippen LogP contribution in [0.3, 0.4) is 0 Å². The third kappa shape index (κ3) is 4.70. The second-order valence-corrected chi connectivity index (χ2v) is 5.25. The number of aliphatic carboxylic acids is 1. The minimum atomic E-state index is -1.02.